The molecule has 0 aliphatic carbocycles. The van der Waals surface area contributed by atoms with Crippen molar-refractivity contribution in [3.8, 4) is 0 Å². The molecule has 2 N–H and O–H groups in total. The van der Waals surface area contributed by atoms with Crippen LogP contribution in [-0.4, -0.2) is 77.0 Å². The molecule has 0 spiro atoms. The van der Waals surface area contributed by atoms with Gasteiger partial charge in [-0.2, -0.15) is 0 Å². The smallest absolute Gasteiger partial charge is 0.316 e. The number of hydrogen-bond acceptors (Lipinski definition) is 7. The average molecular weight is 444 g/mol. The molecular weight excluding hydrogens is 398 g/mol. The minimum Gasteiger partial charge on any atom is -0.459 e. The van der Waals surface area contributed by atoms with E-state index in [1.807, 2.05) is 39.6 Å². The molecule has 1 aliphatic heterocycles. The van der Waals surface area contributed by atoms with E-state index in [9.17, 15) is 19.8 Å². The van der Waals surface area contributed by atoms with Crippen molar-refractivity contribution in [1.29, 1.82) is 0 Å². The number of carbonyl (C=O) groups is 2. The van der Waals surface area contributed by atoms with Crippen molar-refractivity contribution in [2.75, 3.05) is 20.7 Å². The van der Waals surface area contributed by atoms with Crippen LogP contribution in [0.15, 0.2) is 0 Å². The summed E-state index contributed by atoms with van der Waals surface area (Å²) < 4.78 is 11.5. The molecule has 1 aliphatic rings. The third-order valence-corrected chi connectivity index (χ3v) is 7.79. The molecule has 0 saturated carbocycles. The Hall–Kier alpha value is -1.02. The zero-order chi connectivity index (χ0) is 24.3. The monoisotopic (exact) mass is 443 g/mol. The maximum absolute atomic E-state index is 13.1. The highest BCUT2D eigenvalue weighted by molar-refractivity contribution is 5.99. The number of ketones is 1. The highest BCUT2D eigenvalue weighted by Crippen LogP contribution is 2.36. The number of methoxy groups -OCH3 is 1. The van der Waals surface area contributed by atoms with Crippen LogP contribution in [0.3, 0.4) is 0 Å². The number of ether oxygens (including phenoxy) is 2. The summed E-state index contributed by atoms with van der Waals surface area (Å²) in [5, 5.41) is 22.1. The van der Waals surface area contributed by atoms with Gasteiger partial charge in [-0.25, -0.2) is 0 Å². The van der Waals surface area contributed by atoms with Crippen LogP contribution in [0, 0.1) is 23.7 Å². The van der Waals surface area contributed by atoms with E-state index in [-0.39, 0.29) is 23.7 Å². The Morgan fingerprint density at radius 1 is 1.16 bits per heavy atom. The number of carbonyl (C=O) groups excluding carboxylic acids is 2. The van der Waals surface area contributed by atoms with Gasteiger partial charge >= 0.3 is 5.97 Å². The first-order valence-corrected chi connectivity index (χ1v) is 11.5. The molecule has 1 saturated heterocycles. The molecule has 0 unspecified atom stereocenters. The number of aliphatic hydroxyl groups excluding tert-OH is 1. The molecule has 9 atom stereocenters. The second-order valence-electron chi connectivity index (χ2n) is 10.2. The van der Waals surface area contributed by atoms with Crippen LogP contribution >= 0.6 is 0 Å². The lowest BCUT2D eigenvalue weighted by atomic mass is 9.73. The van der Waals surface area contributed by atoms with Gasteiger partial charge < -0.3 is 24.6 Å². The Morgan fingerprint density at radius 3 is 2.19 bits per heavy atom. The molecular formula is C24H45NO6. The summed E-state index contributed by atoms with van der Waals surface area (Å²) >= 11 is 0. The van der Waals surface area contributed by atoms with Crippen molar-refractivity contribution in [2.45, 2.75) is 97.7 Å². The number of nitrogens with zero attached hydrogens (tertiary/aromatic N) is 1. The van der Waals surface area contributed by atoms with E-state index >= 15 is 0 Å². The number of rotatable bonds is 2. The summed E-state index contributed by atoms with van der Waals surface area (Å²) in [6.07, 6.45) is -1.05. The van der Waals surface area contributed by atoms with Crippen LogP contribution in [0.2, 0.25) is 0 Å². The predicted octanol–water partition coefficient (Wildman–Crippen LogP) is 2.66. The van der Waals surface area contributed by atoms with Gasteiger partial charge in [0.1, 0.15) is 29.5 Å². The van der Waals surface area contributed by atoms with Crippen molar-refractivity contribution in [1.82, 2.24) is 4.90 Å². The van der Waals surface area contributed by atoms with E-state index in [0.29, 0.717) is 19.4 Å². The van der Waals surface area contributed by atoms with Gasteiger partial charge in [-0.15, -0.1) is 0 Å². The van der Waals surface area contributed by atoms with E-state index in [0.717, 1.165) is 0 Å². The van der Waals surface area contributed by atoms with E-state index in [4.69, 9.17) is 9.47 Å². The van der Waals surface area contributed by atoms with Gasteiger partial charge in [-0.1, -0.05) is 27.7 Å². The van der Waals surface area contributed by atoms with Crippen LogP contribution in [-0.2, 0) is 19.1 Å². The maximum Gasteiger partial charge on any atom is 0.316 e. The molecule has 182 valence electrons. The number of esters is 1. The van der Waals surface area contributed by atoms with E-state index in [2.05, 4.69) is 6.92 Å². The number of aliphatic hydroxyl groups is 2. The Balaban J connectivity index is 3.43. The fourth-order valence-electron chi connectivity index (χ4n) is 4.93. The van der Waals surface area contributed by atoms with Crippen molar-refractivity contribution in [2.24, 2.45) is 23.7 Å². The number of Topliss-reactive ketones (excluding diaryl/α,β-unsaturated/α-hetero) is 1. The summed E-state index contributed by atoms with van der Waals surface area (Å²) in [6, 6.07) is -0.375. The summed E-state index contributed by atoms with van der Waals surface area (Å²) in [7, 11) is 3.57. The van der Waals surface area contributed by atoms with Gasteiger partial charge in [-0.3, -0.25) is 9.59 Å². The van der Waals surface area contributed by atoms with Crippen molar-refractivity contribution in [3.05, 3.63) is 0 Å². The van der Waals surface area contributed by atoms with Gasteiger partial charge in [0.2, 0.25) is 0 Å². The molecule has 7 nitrogen and oxygen atoms in total. The Morgan fingerprint density at radius 2 is 1.71 bits per heavy atom. The first-order valence-electron chi connectivity index (χ1n) is 11.5. The first-order chi connectivity index (χ1) is 14.1. The quantitative estimate of drug-likeness (QED) is 0.500. The van der Waals surface area contributed by atoms with Crippen LogP contribution in [0.4, 0.5) is 0 Å². The standard InChI is InChI=1S/C24H45NO6/c1-11-19-24(8,29)21(27)18(6)25(9)13-14(2)12-23(7,30-10)17(5)15(3)20(26)16(4)22(28)31-19/h14-19,21,27,29H,11-13H2,1-10H3/t14-,15-,16-,17-,18-,19-,21-,23-,24-/m1/s1. The lowest BCUT2D eigenvalue weighted by Gasteiger charge is -2.42. The number of cyclic esters (lactones) is 1. The van der Waals surface area contributed by atoms with E-state index < -0.39 is 41.2 Å². The molecule has 1 rings (SSSR count). The minimum absolute atomic E-state index is 0.119. The fourth-order valence-corrected chi connectivity index (χ4v) is 4.93. The lowest BCUT2D eigenvalue weighted by molar-refractivity contribution is -0.189. The Bertz CT molecular complexity index is 623. The first kappa shape index (κ1) is 28.0. The van der Waals surface area contributed by atoms with Gasteiger partial charge in [0.15, 0.2) is 0 Å². The van der Waals surface area contributed by atoms with Gasteiger partial charge in [0.05, 0.1) is 5.60 Å². The Labute approximate surface area is 188 Å². The molecule has 0 amide bonds. The maximum atomic E-state index is 13.1. The minimum atomic E-state index is -1.66. The molecule has 31 heavy (non-hydrogen) atoms. The average Bonchev–Trinajstić information content (AvgIpc) is 2.72. The summed E-state index contributed by atoms with van der Waals surface area (Å²) in [5.74, 6) is -2.17. The van der Waals surface area contributed by atoms with Crippen LogP contribution < -0.4 is 0 Å². The second-order valence-corrected chi connectivity index (χ2v) is 10.2. The van der Waals surface area contributed by atoms with Crippen molar-refractivity contribution < 1.29 is 29.3 Å². The molecule has 0 aromatic rings. The third kappa shape index (κ3) is 6.06. The van der Waals surface area contributed by atoms with Gasteiger partial charge in [-0.05, 0) is 59.4 Å². The summed E-state index contributed by atoms with van der Waals surface area (Å²) in [5.41, 5.74) is -2.22. The van der Waals surface area contributed by atoms with Gasteiger partial charge in [0, 0.05) is 25.6 Å². The molecule has 0 aromatic carbocycles. The SMILES string of the molecule is CC[C@H]1OC(=O)[C@H](C)C(=O)[C@H](C)[C@@H](C)[C@](C)(OC)C[C@@H](C)CN(C)[C@H](C)[C@@H](O)[C@]1(C)O. The topological polar surface area (TPSA) is 96.3 Å². The Kier molecular flexibility index (Phi) is 9.70. The van der Waals surface area contributed by atoms with Gasteiger partial charge in [0.25, 0.3) is 0 Å². The zero-order valence-electron chi connectivity index (χ0n) is 21.1. The normalized spacial score (nSPS) is 45.0. The van der Waals surface area contributed by atoms with Crippen LogP contribution in [0.5, 0.6) is 0 Å². The van der Waals surface area contributed by atoms with E-state index in [1.165, 1.54) is 6.92 Å². The molecule has 0 bridgehead atoms. The second kappa shape index (κ2) is 10.7. The third-order valence-electron chi connectivity index (χ3n) is 7.79. The summed E-state index contributed by atoms with van der Waals surface area (Å²) in [4.78, 5) is 28.0. The highest BCUT2D eigenvalue weighted by Gasteiger charge is 2.46. The molecule has 7 heteroatoms. The molecule has 0 aromatic heterocycles. The summed E-state index contributed by atoms with van der Waals surface area (Å²) in [6.45, 7) is 15.3. The van der Waals surface area contributed by atoms with Crippen molar-refractivity contribution in [3.63, 3.8) is 0 Å². The van der Waals surface area contributed by atoms with E-state index in [1.54, 1.807) is 21.0 Å². The fraction of sp³-hybridized carbons (Fsp3) is 0.917. The molecule has 0 radical (unpaired) electrons. The molecule has 1 heterocycles. The van der Waals surface area contributed by atoms with Crippen molar-refractivity contribution >= 4 is 11.8 Å². The van der Waals surface area contributed by atoms with Crippen LogP contribution in [0.25, 0.3) is 0 Å². The zero-order valence-corrected chi connectivity index (χ0v) is 21.1. The predicted molar refractivity (Wildman–Crippen MR) is 121 cm³/mol. The largest absolute Gasteiger partial charge is 0.459 e. The number of likely N-dealkylation sites (N-methyl/N-ethyl adjacent to an activating group) is 1. The number of hydrogen-bond donors (Lipinski definition) is 2. The molecule has 1 fully saturated rings. The van der Waals surface area contributed by atoms with Crippen LogP contribution in [0.1, 0.15) is 68.2 Å². The lowest BCUT2D eigenvalue weighted by Crippen LogP contribution is -2.59. The highest BCUT2D eigenvalue weighted by atomic mass is 16.6.